The molecule has 104 valence electrons. The zero-order valence-corrected chi connectivity index (χ0v) is 12.3. The molecule has 0 unspecified atom stereocenters. The first-order valence-electron chi connectivity index (χ1n) is 6.54. The molecule has 0 fully saturated rings. The van der Waals surface area contributed by atoms with E-state index in [4.69, 9.17) is 5.73 Å². The van der Waals surface area contributed by atoms with Gasteiger partial charge in [0.2, 0.25) is 0 Å². The summed E-state index contributed by atoms with van der Waals surface area (Å²) in [7, 11) is 0. The van der Waals surface area contributed by atoms with Crippen molar-refractivity contribution in [1.82, 2.24) is 15.2 Å². The quantitative estimate of drug-likeness (QED) is 0.529. The Morgan fingerprint density at radius 1 is 1.24 bits per heavy atom. The first-order valence-corrected chi connectivity index (χ1v) is 7.36. The maximum Gasteiger partial charge on any atom is 0.200 e. The fourth-order valence-electron chi connectivity index (χ4n) is 2.83. The van der Waals surface area contributed by atoms with Gasteiger partial charge in [-0.2, -0.15) is 5.10 Å². The Morgan fingerprint density at radius 2 is 2.05 bits per heavy atom. The molecular weight excluding hydrogens is 284 g/mol. The van der Waals surface area contributed by atoms with Crippen LogP contribution in [-0.4, -0.2) is 21.0 Å². The molecule has 21 heavy (non-hydrogen) atoms. The molecule has 2 heterocycles. The van der Waals surface area contributed by atoms with Crippen molar-refractivity contribution >= 4 is 22.8 Å². The highest BCUT2D eigenvalue weighted by Crippen LogP contribution is 2.43. The maximum atomic E-state index is 12.7. The third-order valence-electron chi connectivity index (χ3n) is 3.70. The number of aromatic nitrogens is 3. The van der Waals surface area contributed by atoms with Crippen molar-refractivity contribution in [3.8, 4) is 21.8 Å². The zero-order chi connectivity index (χ0) is 14.7. The van der Waals surface area contributed by atoms with Crippen LogP contribution < -0.4 is 5.73 Å². The number of nitrogens with zero attached hydrogens (tertiary/aromatic N) is 2. The van der Waals surface area contributed by atoms with Crippen LogP contribution in [0.1, 0.15) is 26.6 Å². The minimum absolute atomic E-state index is 0.0627. The predicted octanol–water partition coefficient (Wildman–Crippen LogP) is 2.94. The second-order valence-electron chi connectivity index (χ2n) is 5.07. The van der Waals surface area contributed by atoms with Gasteiger partial charge in [-0.25, -0.2) is 4.98 Å². The number of rotatable bonds is 1. The van der Waals surface area contributed by atoms with Crippen molar-refractivity contribution in [2.45, 2.75) is 13.8 Å². The molecule has 3 N–H and O–H groups in total. The van der Waals surface area contributed by atoms with Gasteiger partial charge in [0.1, 0.15) is 5.69 Å². The monoisotopic (exact) mass is 296 g/mol. The van der Waals surface area contributed by atoms with Crippen LogP contribution in [0.4, 0.5) is 5.69 Å². The lowest BCUT2D eigenvalue weighted by atomic mass is 10.1. The summed E-state index contributed by atoms with van der Waals surface area (Å²) in [4.78, 5) is 18.1. The second kappa shape index (κ2) is 4.02. The topological polar surface area (TPSA) is 84.7 Å². The lowest BCUT2D eigenvalue weighted by molar-refractivity contribution is 0.104. The molecule has 1 aliphatic carbocycles. The second-order valence-corrected chi connectivity index (χ2v) is 6.27. The van der Waals surface area contributed by atoms with Crippen molar-refractivity contribution in [2.75, 3.05) is 5.73 Å². The molecule has 6 heteroatoms. The molecule has 0 amide bonds. The normalized spacial score (nSPS) is 12.6. The molecular formula is C15H12N4OS. The molecule has 0 aliphatic heterocycles. The molecule has 0 radical (unpaired) electrons. The Morgan fingerprint density at radius 3 is 2.76 bits per heavy atom. The third kappa shape index (κ3) is 1.53. The molecule has 0 saturated heterocycles. The van der Waals surface area contributed by atoms with Gasteiger partial charge in [-0.05, 0) is 19.9 Å². The van der Waals surface area contributed by atoms with E-state index in [2.05, 4.69) is 15.2 Å². The van der Waals surface area contributed by atoms with E-state index in [-0.39, 0.29) is 5.78 Å². The highest BCUT2D eigenvalue weighted by atomic mass is 32.1. The minimum Gasteiger partial charge on any atom is -0.398 e. The number of thiazole rings is 1. The van der Waals surface area contributed by atoms with Gasteiger partial charge in [0.15, 0.2) is 5.78 Å². The number of ketones is 1. The Hall–Kier alpha value is -2.47. The fraction of sp³-hybridized carbons (Fsp3) is 0.133. The van der Waals surface area contributed by atoms with Gasteiger partial charge in [0.25, 0.3) is 0 Å². The summed E-state index contributed by atoms with van der Waals surface area (Å²) < 4.78 is 0. The number of aromatic amines is 1. The first-order chi connectivity index (χ1) is 10.1. The van der Waals surface area contributed by atoms with Crippen LogP contribution in [0.15, 0.2) is 18.2 Å². The predicted molar refractivity (Wildman–Crippen MR) is 82.5 cm³/mol. The summed E-state index contributed by atoms with van der Waals surface area (Å²) >= 11 is 1.56. The van der Waals surface area contributed by atoms with E-state index in [1.807, 2.05) is 26.0 Å². The van der Waals surface area contributed by atoms with E-state index in [1.54, 1.807) is 17.4 Å². The third-order valence-corrected chi connectivity index (χ3v) is 4.79. The van der Waals surface area contributed by atoms with Gasteiger partial charge in [0.05, 0.1) is 32.4 Å². The number of anilines is 1. The molecule has 0 atom stereocenters. The van der Waals surface area contributed by atoms with E-state index < -0.39 is 0 Å². The first kappa shape index (κ1) is 12.3. The van der Waals surface area contributed by atoms with Crippen molar-refractivity contribution in [3.05, 3.63) is 40.0 Å². The van der Waals surface area contributed by atoms with Gasteiger partial charge >= 0.3 is 0 Å². The maximum absolute atomic E-state index is 12.7. The number of aryl methyl sites for hydroxylation is 2. The fourth-order valence-corrected chi connectivity index (χ4v) is 3.75. The number of hydrogen-bond donors (Lipinski definition) is 2. The molecule has 0 bridgehead atoms. The van der Waals surface area contributed by atoms with Gasteiger partial charge in [-0.15, -0.1) is 11.3 Å². The molecule has 2 aromatic heterocycles. The van der Waals surface area contributed by atoms with Gasteiger partial charge in [-0.1, -0.05) is 12.1 Å². The lowest BCUT2D eigenvalue weighted by Crippen LogP contribution is -2.02. The molecule has 1 aromatic carbocycles. The largest absolute Gasteiger partial charge is 0.398 e. The number of carbonyl (C=O) groups excluding carboxylic acids is 1. The van der Waals surface area contributed by atoms with Crippen LogP contribution in [0.5, 0.6) is 0 Å². The van der Waals surface area contributed by atoms with Crippen molar-refractivity contribution in [2.24, 2.45) is 0 Å². The van der Waals surface area contributed by atoms with Crippen molar-refractivity contribution < 1.29 is 4.79 Å². The number of hydrogen-bond acceptors (Lipinski definition) is 5. The van der Waals surface area contributed by atoms with Gasteiger partial charge < -0.3 is 5.73 Å². The summed E-state index contributed by atoms with van der Waals surface area (Å²) in [5.41, 5.74) is 10.8. The number of nitrogens with two attached hydrogens (primary N) is 1. The SMILES string of the molecule is Cc1nc(C)c(-c2[nH]nc3c2C(=O)c2c(N)cccc2-3)s1. The Kier molecular flexibility index (Phi) is 2.35. The van der Waals surface area contributed by atoms with Crippen molar-refractivity contribution in [1.29, 1.82) is 0 Å². The average Bonchev–Trinajstić information content (AvgIpc) is 3.07. The summed E-state index contributed by atoms with van der Waals surface area (Å²) in [6, 6.07) is 5.46. The van der Waals surface area contributed by atoms with Gasteiger partial charge in [-0.3, -0.25) is 9.89 Å². The van der Waals surface area contributed by atoms with Gasteiger partial charge in [0, 0.05) is 11.3 Å². The molecule has 0 spiro atoms. The average molecular weight is 296 g/mol. The van der Waals surface area contributed by atoms with Crippen LogP contribution in [0.2, 0.25) is 0 Å². The number of fused-ring (bicyclic) bond motifs is 3. The van der Waals surface area contributed by atoms with Crippen LogP contribution in [0, 0.1) is 13.8 Å². The lowest BCUT2D eigenvalue weighted by Gasteiger charge is -2.02. The van der Waals surface area contributed by atoms with E-state index in [0.29, 0.717) is 22.5 Å². The smallest absolute Gasteiger partial charge is 0.200 e. The van der Waals surface area contributed by atoms with Crippen molar-refractivity contribution in [3.63, 3.8) is 0 Å². The number of carbonyl (C=O) groups is 1. The van der Waals surface area contributed by atoms with Crippen LogP contribution >= 0.6 is 11.3 Å². The summed E-state index contributed by atoms with van der Waals surface area (Å²) in [5.74, 6) is -0.0627. The van der Waals surface area contributed by atoms with E-state index in [9.17, 15) is 4.79 Å². The van der Waals surface area contributed by atoms with E-state index in [1.165, 1.54) is 0 Å². The molecule has 0 saturated carbocycles. The Labute approximate surface area is 124 Å². The standard InChI is InChI=1S/C15H12N4OS/c1-6-15(21-7(2)17-6)13-11-12(18-19-13)8-4-3-5-9(16)10(8)14(11)20/h3-5H,16H2,1-2H3,(H,18,19). The summed E-state index contributed by atoms with van der Waals surface area (Å²) in [6.07, 6.45) is 0. The number of H-pyrrole nitrogens is 1. The van der Waals surface area contributed by atoms with Crippen LogP contribution in [0.25, 0.3) is 21.8 Å². The number of nitrogens with one attached hydrogen (secondary N) is 1. The highest BCUT2D eigenvalue weighted by molar-refractivity contribution is 7.15. The summed E-state index contributed by atoms with van der Waals surface area (Å²) in [6.45, 7) is 3.89. The Bertz CT molecular complexity index is 907. The molecule has 5 nitrogen and oxygen atoms in total. The van der Waals surface area contributed by atoms with E-state index >= 15 is 0 Å². The van der Waals surface area contributed by atoms with Crippen LogP contribution in [0.3, 0.4) is 0 Å². The van der Waals surface area contributed by atoms with E-state index in [0.717, 1.165) is 26.8 Å². The highest BCUT2D eigenvalue weighted by Gasteiger charge is 2.35. The molecule has 3 aromatic rings. The minimum atomic E-state index is -0.0627. The number of nitrogen functional groups attached to an aromatic ring is 1. The summed E-state index contributed by atoms with van der Waals surface area (Å²) in [5, 5.41) is 8.30. The van der Waals surface area contributed by atoms with Crippen LogP contribution in [-0.2, 0) is 0 Å². The molecule has 4 rings (SSSR count). The zero-order valence-electron chi connectivity index (χ0n) is 11.5. The Balaban J connectivity index is 1.99. The molecule has 1 aliphatic rings. The number of benzene rings is 1.